The minimum Gasteiger partial charge on any atom is -0.385 e. The Morgan fingerprint density at radius 2 is 2.25 bits per heavy atom. The van der Waals surface area contributed by atoms with Gasteiger partial charge in [-0.2, -0.15) is 0 Å². The van der Waals surface area contributed by atoms with Crippen molar-refractivity contribution in [3.05, 3.63) is 0 Å². The molecule has 0 aromatic rings. The lowest BCUT2D eigenvalue weighted by Crippen LogP contribution is -2.33. The van der Waals surface area contributed by atoms with Crippen LogP contribution in [0, 0.1) is 17.8 Å². The van der Waals surface area contributed by atoms with Gasteiger partial charge in [0.25, 0.3) is 0 Å². The van der Waals surface area contributed by atoms with Crippen LogP contribution >= 0.6 is 0 Å². The average molecular weight is 225 g/mol. The summed E-state index contributed by atoms with van der Waals surface area (Å²) in [5.41, 5.74) is 5.85. The largest absolute Gasteiger partial charge is 0.385 e. The molecule has 0 aromatic heterocycles. The van der Waals surface area contributed by atoms with Crippen molar-refractivity contribution in [2.24, 2.45) is 23.5 Å². The second-order valence-electron chi connectivity index (χ2n) is 5.49. The fourth-order valence-corrected chi connectivity index (χ4v) is 3.44. The van der Waals surface area contributed by atoms with Gasteiger partial charge >= 0.3 is 0 Å². The maximum absolute atomic E-state index is 11.9. The number of ether oxygens (including phenoxy) is 1. The van der Waals surface area contributed by atoms with Crippen LogP contribution in [0.15, 0.2) is 0 Å². The highest BCUT2D eigenvalue weighted by atomic mass is 16.5. The van der Waals surface area contributed by atoms with Gasteiger partial charge in [0.2, 0.25) is 0 Å². The molecule has 4 unspecified atom stereocenters. The van der Waals surface area contributed by atoms with Crippen LogP contribution in [0.25, 0.3) is 0 Å². The summed E-state index contributed by atoms with van der Waals surface area (Å²) in [6.45, 7) is 0.587. The molecule has 92 valence electrons. The third kappa shape index (κ3) is 2.64. The van der Waals surface area contributed by atoms with Crippen molar-refractivity contribution in [3.63, 3.8) is 0 Å². The Kier molecular flexibility index (Phi) is 3.98. The van der Waals surface area contributed by atoms with Gasteiger partial charge in [-0.1, -0.05) is 6.42 Å². The van der Waals surface area contributed by atoms with E-state index in [2.05, 4.69) is 0 Å². The van der Waals surface area contributed by atoms with Gasteiger partial charge in [-0.05, 0) is 43.4 Å². The van der Waals surface area contributed by atoms with Crippen LogP contribution in [0.3, 0.4) is 0 Å². The number of hydrogen-bond acceptors (Lipinski definition) is 3. The van der Waals surface area contributed by atoms with Crippen molar-refractivity contribution in [3.8, 4) is 0 Å². The maximum Gasteiger partial charge on any atom is 0.149 e. The molecule has 0 amide bonds. The number of carbonyl (C=O) groups is 1. The zero-order valence-electron chi connectivity index (χ0n) is 10.2. The second kappa shape index (κ2) is 5.28. The Bertz CT molecular complexity index is 254. The van der Waals surface area contributed by atoms with Gasteiger partial charge < -0.3 is 10.5 Å². The Morgan fingerprint density at radius 3 is 2.81 bits per heavy atom. The van der Waals surface area contributed by atoms with Gasteiger partial charge in [0.15, 0.2) is 0 Å². The Labute approximate surface area is 97.7 Å². The van der Waals surface area contributed by atoms with Gasteiger partial charge in [0, 0.05) is 20.1 Å². The van der Waals surface area contributed by atoms with Gasteiger partial charge in [0.05, 0.1) is 6.04 Å². The van der Waals surface area contributed by atoms with E-state index in [9.17, 15) is 4.79 Å². The van der Waals surface area contributed by atoms with E-state index in [1.807, 2.05) is 0 Å². The number of nitrogens with two attached hydrogens (primary N) is 1. The molecule has 0 saturated heterocycles. The smallest absolute Gasteiger partial charge is 0.149 e. The number of Topliss-reactive ketones (excluding diaryl/α,β-unsaturated/α-hetero) is 1. The van der Waals surface area contributed by atoms with E-state index in [-0.39, 0.29) is 11.8 Å². The summed E-state index contributed by atoms with van der Waals surface area (Å²) in [4.78, 5) is 11.9. The van der Waals surface area contributed by atoms with Gasteiger partial charge in [-0.15, -0.1) is 0 Å². The van der Waals surface area contributed by atoms with E-state index >= 15 is 0 Å². The monoisotopic (exact) mass is 225 g/mol. The molecule has 2 N–H and O–H groups in total. The molecular weight excluding hydrogens is 202 g/mol. The Balaban J connectivity index is 1.74. The van der Waals surface area contributed by atoms with E-state index in [1.54, 1.807) is 7.11 Å². The molecule has 3 heteroatoms. The molecule has 2 rings (SSSR count). The molecule has 16 heavy (non-hydrogen) atoms. The molecule has 0 heterocycles. The zero-order valence-corrected chi connectivity index (χ0v) is 10.2. The lowest BCUT2D eigenvalue weighted by molar-refractivity contribution is -0.122. The molecule has 2 bridgehead atoms. The lowest BCUT2D eigenvalue weighted by Gasteiger charge is -2.22. The van der Waals surface area contributed by atoms with Crippen LogP contribution in [0.5, 0.6) is 0 Å². The van der Waals surface area contributed by atoms with Crippen LogP contribution in [0.4, 0.5) is 0 Å². The fourth-order valence-electron chi connectivity index (χ4n) is 3.44. The molecule has 3 nitrogen and oxygen atoms in total. The summed E-state index contributed by atoms with van der Waals surface area (Å²) in [6, 6.07) is -0.306. The summed E-state index contributed by atoms with van der Waals surface area (Å²) in [6.07, 6.45) is 6.75. The SMILES string of the molecule is COCCC(N)C(=O)CC1CC2CCC1C2. The zero-order chi connectivity index (χ0) is 11.5. The highest BCUT2D eigenvalue weighted by Gasteiger charge is 2.40. The highest BCUT2D eigenvalue weighted by Crippen LogP contribution is 2.49. The van der Waals surface area contributed by atoms with Gasteiger partial charge in [-0.25, -0.2) is 0 Å². The number of fused-ring (bicyclic) bond motifs is 2. The van der Waals surface area contributed by atoms with Crippen molar-refractivity contribution in [1.82, 2.24) is 0 Å². The number of ketones is 1. The van der Waals surface area contributed by atoms with Crippen LogP contribution in [0.1, 0.15) is 38.5 Å². The van der Waals surface area contributed by atoms with Crippen molar-refractivity contribution < 1.29 is 9.53 Å². The summed E-state index contributed by atoms with van der Waals surface area (Å²) < 4.78 is 4.95. The van der Waals surface area contributed by atoms with E-state index in [0.29, 0.717) is 25.4 Å². The van der Waals surface area contributed by atoms with Crippen LogP contribution in [0.2, 0.25) is 0 Å². The summed E-state index contributed by atoms with van der Waals surface area (Å²) >= 11 is 0. The highest BCUT2D eigenvalue weighted by molar-refractivity contribution is 5.84. The summed E-state index contributed by atoms with van der Waals surface area (Å²) in [7, 11) is 1.65. The van der Waals surface area contributed by atoms with Crippen molar-refractivity contribution >= 4 is 5.78 Å². The molecule has 2 aliphatic carbocycles. The van der Waals surface area contributed by atoms with Crippen LogP contribution in [-0.4, -0.2) is 25.5 Å². The fraction of sp³-hybridized carbons (Fsp3) is 0.923. The normalized spacial score (nSPS) is 34.2. The summed E-state index contributed by atoms with van der Waals surface area (Å²) in [5, 5.41) is 0. The molecule has 0 aromatic carbocycles. The minimum atomic E-state index is -0.306. The van der Waals surface area contributed by atoms with Crippen LogP contribution in [-0.2, 0) is 9.53 Å². The first kappa shape index (κ1) is 12.1. The predicted octanol–water partition coefficient (Wildman–Crippen LogP) is 1.75. The minimum absolute atomic E-state index is 0.245. The van der Waals surface area contributed by atoms with Gasteiger partial charge in [0.1, 0.15) is 5.78 Å². The number of carbonyl (C=O) groups excluding carboxylic acids is 1. The van der Waals surface area contributed by atoms with E-state index in [1.165, 1.54) is 25.7 Å². The van der Waals surface area contributed by atoms with E-state index < -0.39 is 0 Å². The first-order valence-electron chi connectivity index (χ1n) is 6.48. The standard InChI is InChI=1S/C13H23NO2/c1-16-5-4-12(14)13(15)8-11-7-9-2-3-10(11)6-9/h9-12H,2-8,14H2,1H3. The summed E-state index contributed by atoms with van der Waals surface area (Å²) in [5.74, 6) is 2.62. The van der Waals surface area contributed by atoms with Crippen LogP contribution < -0.4 is 5.73 Å². The number of methoxy groups -OCH3 is 1. The quantitative estimate of drug-likeness (QED) is 0.749. The van der Waals surface area contributed by atoms with Gasteiger partial charge in [-0.3, -0.25) is 4.79 Å². The van der Waals surface area contributed by atoms with Crippen molar-refractivity contribution in [2.75, 3.05) is 13.7 Å². The van der Waals surface area contributed by atoms with Crippen molar-refractivity contribution in [2.45, 2.75) is 44.6 Å². The third-order valence-electron chi connectivity index (χ3n) is 4.39. The molecule has 4 atom stereocenters. The average Bonchev–Trinajstić information content (AvgIpc) is 2.87. The molecule has 0 spiro atoms. The topological polar surface area (TPSA) is 52.3 Å². The molecule has 0 radical (unpaired) electrons. The molecule has 2 aliphatic rings. The maximum atomic E-state index is 11.9. The lowest BCUT2D eigenvalue weighted by atomic mass is 9.84. The first-order valence-corrected chi connectivity index (χ1v) is 6.48. The molecule has 2 saturated carbocycles. The third-order valence-corrected chi connectivity index (χ3v) is 4.39. The van der Waals surface area contributed by atoms with E-state index in [0.717, 1.165) is 11.8 Å². The van der Waals surface area contributed by atoms with Crippen molar-refractivity contribution in [1.29, 1.82) is 0 Å². The predicted molar refractivity (Wildman–Crippen MR) is 63.0 cm³/mol. The Hall–Kier alpha value is -0.410. The molecule has 2 fully saturated rings. The molecular formula is C13H23NO2. The van der Waals surface area contributed by atoms with E-state index in [4.69, 9.17) is 10.5 Å². The number of rotatable bonds is 6. The Morgan fingerprint density at radius 1 is 1.44 bits per heavy atom. The molecule has 0 aliphatic heterocycles. The second-order valence-corrected chi connectivity index (χ2v) is 5.49. The first-order chi connectivity index (χ1) is 7.70. The number of hydrogen-bond donors (Lipinski definition) is 1.